The molecule has 33 heavy (non-hydrogen) atoms. The standard InChI is InChI=1S/C22H20ClN3O5S2/c1-33(30,31)25(18-5-4-6-19(13-18)26(28)29)14-22(27)24-20-7-2-3-8-21(20)32-15-16-9-11-17(23)12-10-16/h2-13H,14-15H2,1H3,(H,24,27). The van der Waals surface area contributed by atoms with E-state index in [4.69, 9.17) is 11.6 Å². The lowest BCUT2D eigenvalue weighted by Gasteiger charge is -2.22. The van der Waals surface area contributed by atoms with Crippen molar-refractivity contribution in [2.45, 2.75) is 10.6 Å². The van der Waals surface area contributed by atoms with Crippen LogP contribution in [0.5, 0.6) is 0 Å². The average Bonchev–Trinajstić information content (AvgIpc) is 2.77. The molecule has 3 aromatic rings. The summed E-state index contributed by atoms with van der Waals surface area (Å²) in [6, 6.07) is 19.7. The highest BCUT2D eigenvalue weighted by Crippen LogP contribution is 2.30. The maximum Gasteiger partial charge on any atom is 0.271 e. The molecule has 0 unspecified atom stereocenters. The van der Waals surface area contributed by atoms with Gasteiger partial charge in [-0.2, -0.15) is 0 Å². The van der Waals surface area contributed by atoms with Gasteiger partial charge in [0, 0.05) is 27.8 Å². The summed E-state index contributed by atoms with van der Waals surface area (Å²) in [7, 11) is -3.87. The van der Waals surface area contributed by atoms with E-state index < -0.39 is 27.4 Å². The van der Waals surface area contributed by atoms with Gasteiger partial charge in [0.2, 0.25) is 15.9 Å². The molecule has 1 N–H and O–H groups in total. The third-order valence-electron chi connectivity index (χ3n) is 4.48. The van der Waals surface area contributed by atoms with Crippen LogP contribution in [0.2, 0.25) is 5.02 Å². The van der Waals surface area contributed by atoms with Crippen molar-refractivity contribution >= 4 is 56.4 Å². The van der Waals surface area contributed by atoms with Gasteiger partial charge in [0.1, 0.15) is 6.54 Å². The van der Waals surface area contributed by atoms with Gasteiger partial charge in [-0.15, -0.1) is 11.8 Å². The van der Waals surface area contributed by atoms with Gasteiger partial charge >= 0.3 is 0 Å². The first-order chi connectivity index (χ1) is 15.6. The first-order valence-electron chi connectivity index (χ1n) is 9.62. The van der Waals surface area contributed by atoms with Gasteiger partial charge in [-0.05, 0) is 35.9 Å². The molecular weight excluding hydrogens is 486 g/mol. The number of rotatable bonds is 9. The second-order valence-electron chi connectivity index (χ2n) is 7.01. The number of para-hydroxylation sites is 1. The number of nitro groups is 1. The Morgan fingerprint density at radius 1 is 1.09 bits per heavy atom. The van der Waals surface area contributed by atoms with E-state index in [2.05, 4.69) is 5.32 Å². The Balaban J connectivity index is 1.75. The minimum atomic E-state index is -3.87. The molecule has 0 atom stereocenters. The highest BCUT2D eigenvalue weighted by atomic mass is 35.5. The topological polar surface area (TPSA) is 110 Å². The van der Waals surface area contributed by atoms with Crippen LogP contribution in [0.25, 0.3) is 0 Å². The number of anilines is 2. The van der Waals surface area contributed by atoms with Crippen molar-refractivity contribution in [2.24, 2.45) is 0 Å². The van der Waals surface area contributed by atoms with Gasteiger partial charge in [-0.1, -0.05) is 41.9 Å². The zero-order chi connectivity index (χ0) is 24.0. The molecule has 8 nitrogen and oxygen atoms in total. The lowest BCUT2D eigenvalue weighted by molar-refractivity contribution is -0.384. The Morgan fingerprint density at radius 2 is 1.79 bits per heavy atom. The van der Waals surface area contributed by atoms with Gasteiger partial charge in [0.05, 0.1) is 22.6 Å². The number of sulfonamides is 1. The molecule has 0 aliphatic carbocycles. The molecule has 0 aliphatic rings. The first-order valence-corrected chi connectivity index (χ1v) is 12.8. The van der Waals surface area contributed by atoms with Crippen LogP contribution in [0.3, 0.4) is 0 Å². The molecule has 1 amide bonds. The molecule has 0 saturated heterocycles. The van der Waals surface area contributed by atoms with Crippen molar-refractivity contribution < 1.29 is 18.1 Å². The van der Waals surface area contributed by atoms with Crippen LogP contribution >= 0.6 is 23.4 Å². The van der Waals surface area contributed by atoms with Gasteiger partial charge in [-0.25, -0.2) is 8.42 Å². The van der Waals surface area contributed by atoms with Crippen molar-refractivity contribution in [1.29, 1.82) is 0 Å². The number of thioether (sulfide) groups is 1. The zero-order valence-electron chi connectivity index (χ0n) is 17.5. The van der Waals surface area contributed by atoms with Crippen molar-refractivity contribution in [3.8, 4) is 0 Å². The summed E-state index contributed by atoms with van der Waals surface area (Å²) in [5, 5.41) is 14.4. The van der Waals surface area contributed by atoms with Crippen LogP contribution in [0.4, 0.5) is 17.1 Å². The fraction of sp³-hybridized carbons (Fsp3) is 0.136. The molecule has 0 aliphatic heterocycles. The molecular formula is C22H20ClN3O5S2. The molecule has 0 aromatic heterocycles. The third-order valence-corrected chi connectivity index (χ3v) is 7.02. The van der Waals surface area contributed by atoms with Crippen LogP contribution in [-0.2, 0) is 20.6 Å². The Morgan fingerprint density at radius 3 is 2.45 bits per heavy atom. The van der Waals surface area contributed by atoms with Crippen molar-refractivity contribution in [2.75, 3.05) is 22.4 Å². The van der Waals surface area contributed by atoms with E-state index in [0.29, 0.717) is 16.5 Å². The molecule has 0 spiro atoms. The van der Waals surface area contributed by atoms with Crippen LogP contribution in [0, 0.1) is 10.1 Å². The van der Waals surface area contributed by atoms with E-state index in [1.807, 2.05) is 24.3 Å². The van der Waals surface area contributed by atoms with Crippen LogP contribution in [0.1, 0.15) is 5.56 Å². The minimum Gasteiger partial charge on any atom is -0.323 e. The number of hydrogen-bond acceptors (Lipinski definition) is 6. The highest BCUT2D eigenvalue weighted by Gasteiger charge is 2.23. The molecule has 0 fully saturated rings. The number of amides is 1. The number of nitrogens with one attached hydrogen (secondary N) is 1. The van der Waals surface area contributed by atoms with E-state index in [9.17, 15) is 23.3 Å². The fourth-order valence-corrected chi connectivity index (χ4v) is 4.86. The van der Waals surface area contributed by atoms with E-state index in [0.717, 1.165) is 27.1 Å². The molecule has 3 rings (SSSR count). The molecule has 3 aromatic carbocycles. The average molecular weight is 506 g/mol. The smallest absolute Gasteiger partial charge is 0.271 e. The zero-order valence-corrected chi connectivity index (χ0v) is 19.9. The van der Waals surface area contributed by atoms with E-state index in [-0.39, 0.29) is 11.4 Å². The van der Waals surface area contributed by atoms with E-state index >= 15 is 0 Å². The fourth-order valence-electron chi connectivity index (χ4n) is 2.92. The number of hydrogen-bond donors (Lipinski definition) is 1. The Kier molecular flexibility index (Phi) is 7.96. The largest absolute Gasteiger partial charge is 0.323 e. The lowest BCUT2D eigenvalue weighted by atomic mass is 10.2. The molecule has 0 heterocycles. The number of benzene rings is 3. The predicted molar refractivity (Wildman–Crippen MR) is 131 cm³/mol. The summed E-state index contributed by atoms with van der Waals surface area (Å²) >= 11 is 7.43. The summed E-state index contributed by atoms with van der Waals surface area (Å²) < 4.78 is 25.5. The normalized spacial score (nSPS) is 11.1. The molecule has 0 radical (unpaired) electrons. The van der Waals surface area contributed by atoms with Gasteiger partial charge in [0.15, 0.2) is 0 Å². The third kappa shape index (κ3) is 6.95. The molecule has 11 heteroatoms. The Labute approximate surface area is 200 Å². The summed E-state index contributed by atoms with van der Waals surface area (Å²) in [4.78, 5) is 24.0. The summed E-state index contributed by atoms with van der Waals surface area (Å²) in [5.41, 5.74) is 1.35. The van der Waals surface area contributed by atoms with Gasteiger partial charge < -0.3 is 5.32 Å². The molecule has 172 valence electrons. The number of nitro benzene ring substituents is 1. The summed E-state index contributed by atoms with van der Waals surface area (Å²) in [6.07, 6.45) is 0.940. The highest BCUT2D eigenvalue weighted by molar-refractivity contribution is 7.98. The Hall–Kier alpha value is -3.08. The van der Waals surface area contributed by atoms with Crippen LogP contribution in [-0.4, -0.2) is 32.0 Å². The predicted octanol–water partition coefficient (Wildman–Crippen LogP) is 4.95. The quantitative estimate of drug-likeness (QED) is 0.250. The summed E-state index contributed by atoms with van der Waals surface area (Å²) in [5.74, 6) is 0.0687. The van der Waals surface area contributed by atoms with Crippen LogP contribution < -0.4 is 9.62 Å². The number of carbonyl (C=O) groups excluding carboxylic acids is 1. The lowest BCUT2D eigenvalue weighted by Crippen LogP contribution is -2.37. The second-order valence-corrected chi connectivity index (χ2v) is 10.4. The summed E-state index contributed by atoms with van der Waals surface area (Å²) in [6.45, 7) is -0.532. The van der Waals surface area contributed by atoms with E-state index in [1.54, 1.807) is 24.3 Å². The van der Waals surface area contributed by atoms with Crippen LogP contribution in [0.15, 0.2) is 77.7 Å². The monoisotopic (exact) mass is 505 g/mol. The van der Waals surface area contributed by atoms with Crippen molar-refractivity contribution in [3.05, 3.63) is 93.5 Å². The second kappa shape index (κ2) is 10.7. The minimum absolute atomic E-state index is 0.0345. The Bertz CT molecular complexity index is 1270. The number of carbonyl (C=O) groups is 1. The van der Waals surface area contributed by atoms with E-state index in [1.165, 1.54) is 30.0 Å². The number of nitrogens with zero attached hydrogens (tertiary/aromatic N) is 2. The van der Waals surface area contributed by atoms with Crippen molar-refractivity contribution in [1.82, 2.24) is 0 Å². The maximum absolute atomic E-state index is 12.8. The number of halogens is 1. The van der Waals surface area contributed by atoms with Gasteiger partial charge in [-0.3, -0.25) is 19.2 Å². The van der Waals surface area contributed by atoms with Gasteiger partial charge in [0.25, 0.3) is 5.69 Å². The maximum atomic E-state index is 12.8. The van der Waals surface area contributed by atoms with Crippen molar-refractivity contribution in [3.63, 3.8) is 0 Å². The number of non-ortho nitro benzene ring substituents is 1. The molecule has 0 saturated carbocycles. The first kappa shape index (κ1) is 24.6. The SMILES string of the molecule is CS(=O)(=O)N(CC(=O)Nc1ccccc1SCc1ccc(Cl)cc1)c1cccc([N+](=O)[O-])c1. The molecule has 0 bridgehead atoms.